The predicted molar refractivity (Wildman–Crippen MR) is 218 cm³/mol. The van der Waals surface area contributed by atoms with Crippen LogP contribution in [0.4, 0.5) is 36.2 Å². The first-order valence-corrected chi connectivity index (χ1v) is 19.3. The lowest BCUT2D eigenvalue weighted by atomic mass is 10.0. The van der Waals surface area contributed by atoms with Crippen LogP contribution in [0.5, 0.6) is 11.5 Å². The molecule has 3 aromatic carbocycles. The minimum absolute atomic E-state index is 0.176. The number of anilines is 4. The average Bonchev–Trinajstić information content (AvgIpc) is 3.65. The Morgan fingerprint density at radius 1 is 0.862 bits per heavy atom. The molecule has 0 saturated carbocycles. The van der Waals surface area contributed by atoms with Gasteiger partial charge in [0.25, 0.3) is 5.91 Å². The molecule has 5 heterocycles. The molecule has 0 aliphatic carbocycles. The molecule has 12 nitrogen and oxygen atoms in total. The molecule has 6 aromatic rings. The van der Waals surface area contributed by atoms with Crippen LogP contribution in [0.2, 0.25) is 0 Å². The van der Waals surface area contributed by atoms with Crippen molar-refractivity contribution in [2.24, 2.45) is 0 Å². The van der Waals surface area contributed by atoms with E-state index in [2.05, 4.69) is 36.4 Å². The van der Waals surface area contributed by atoms with Crippen LogP contribution in [0.25, 0.3) is 28.3 Å². The number of benzene rings is 3. The highest BCUT2D eigenvalue weighted by atomic mass is 19.1. The van der Waals surface area contributed by atoms with Gasteiger partial charge in [0, 0.05) is 93.2 Å². The third-order valence-electron chi connectivity index (χ3n) is 10.9. The van der Waals surface area contributed by atoms with Gasteiger partial charge in [-0.25, -0.2) is 28.1 Å². The molecule has 2 fully saturated rings. The summed E-state index contributed by atoms with van der Waals surface area (Å²) in [5.41, 5.74) is 4.22. The lowest BCUT2D eigenvalue weighted by Crippen LogP contribution is -2.53. The van der Waals surface area contributed by atoms with Crippen LogP contribution in [-0.4, -0.2) is 108 Å². The van der Waals surface area contributed by atoms with Crippen molar-refractivity contribution in [1.82, 2.24) is 29.2 Å². The standard InChI is InChI=1S/C43H44F3N9O3/c1-57-32-14-19-55-38(27-32)50-39(28-5-3-6-29(25-28)42(56)51-40-33(45)7-4-8-34(40)46)41(55)36-11-16-47-43(49-36)48-35-10-9-31(26-37(35)58-2)53-17-12-30(13-18-53)54-23-21-52(20-15-44)22-24-54/h3-11,14,16,19,25-27,30H,12-13,15,17-18,20-24H2,1-2H3,(H,51,56)(H,47,48,49). The summed E-state index contributed by atoms with van der Waals surface area (Å²) >= 11 is 0. The summed E-state index contributed by atoms with van der Waals surface area (Å²) in [5.74, 6) is -0.868. The minimum Gasteiger partial charge on any atom is -0.497 e. The van der Waals surface area contributed by atoms with Crippen LogP contribution < -0.4 is 25.0 Å². The summed E-state index contributed by atoms with van der Waals surface area (Å²) in [6.45, 7) is 5.93. The molecule has 0 radical (unpaired) electrons. The van der Waals surface area contributed by atoms with Crippen molar-refractivity contribution in [1.29, 1.82) is 0 Å². The van der Waals surface area contributed by atoms with Gasteiger partial charge in [0.2, 0.25) is 5.95 Å². The fourth-order valence-electron chi connectivity index (χ4n) is 7.82. The van der Waals surface area contributed by atoms with Crippen LogP contribution in [0.15, 0.2) is 91.3 Å². The quantitative estimate of drug-likeness (QED) is 0.131. The van der Waals surface area contributed by atoms with Gasteiger partial charge in [0.1, 0.15) is 41.1 Å². The molecule has 2 aliphatic heterocycles. The molecule has 15 heteroatoms. The van der Waals surface area contributed by atoms with E-state index in [1.807, 2.05) is 22.7 Å². The number of imidazole rings is 1. The molecule has 2 aliphatic rings. The van der Waals surface area contributed by atoms with Gasteiger partial charge < -0.3 is 25.0 Å². The first-order chi connectivity index (χ1) is 28.3. The van der Waals surface area contributed by atoms with E-state index in [4.69, 9.17) is 19.4 Å². The maximum absolute atomic E-state index is 14.4. The molecule has 8 rings (SSSR count). The van der Waals surface area contributed by atoms with Crippen molar-refractivity contribution >= 4 is 34.6 Å². The minimum atomic E-state index is -0.878. The van der Waals surface area contributed by atoms with Gasteiger partial charge in [-0.3, -0.25) is 19.0 Å². The number of piperazine rings is 1. The molecule has 0 unspecified atom stereocenters. The smallest absolute Gasteiger partial charge is 0.255 e. The summed E-state index contributed by atoms with van der Waals surface area (Å²) in [4.78, 5) is 34.8. The molecule has 2 saturated heterocycles. The highest BCUT2D eigenvalue weighted by molar-refractivity contribution is 6.05. The Morgan fingerprint density at radius 3 is 2.38 bits per heavy atom. The number of fused-ring (bicyclic) bond motifs is 1. The third kappa shape index (κ3) is 8.13. The lowest BCUT2D eigenvalue weighted by Gasteiger charge is -2.43. The first kappa shape index (κ1) is 38.7. The lowest BCUT2D eigenvalue weighted by molar-refractivity contribution is 0.0816. The SMILES string of the molecule is COc1ccn2c(-c3ccnc(Nc4ccc(N5CCC(N6CCN(CCF)CC6)CC5)cc4OC)n3)c(-c3cccc(C(=O)Nc4c(F)cccc4F)c3)nc2c1. The zero-order valence-corrected chi connectivity index (χ0v) is 32.3. The second kappa shape index (κ2) is 17.1. The van der Waals surface area contributed by atoms with Crippen LogP contribution in [0.3, 0.4) is 0 Å². The second-order valence-electron chi connectivity index (χ2n) is 14.3. The Labute approximate surface area is 334 Å². The van der Waals surface area contributed by atoms with Crippen molar-refractivity contribution in [2.45, 2.75) is 18.9 Å². The number of nitrogens with zero attached hydrogens (tertiary/aromatic N) is 7. The van der Waals surface area contributed by atoms with Gasteiger partial charge >= 0.3 is 0 Å². The molecule has 0 bridgehead atoms. The zero-order valence-electron chi connectivity index (χ0n) is 32.3. The van der Waals surface area contributed by atoms with E-state index in [9.17, 15) is 18.0 Å². The number of nitrogens with one attached hydrogen (secondary N) is 2. The Balaban J connectivity index is 1.03. The Hall–Kier alpha value is -6.19. The van der Waals surface area contributed by atoms with Gasteiger partial charge in [0.15, 0.2) is 0 Å². The Bertz CT molecular complexity index is 2390. The summed E-state index contributed by atoms with van der Waals surface area (Å²) in [5, 5.41) is 5.69. The highest BCUT2D eigenvalue weighted by Gasteiger charge is 2.28. The summed E-state index contributed by atoms with van der Waals surface area (Å²) in [6.07, 6.45) is 5.60. The van der Waals surface area contributed by atoms with E-state index in [-0.39, 0.29) is 12.2 Å². The number of carbonyl (C=O) groups excluding carboxylic acids is 1. The summed E-state index contributed by atoms with van der Waals surface area (Å²) in [7, 11) is 3.21. The molecular weight excluding hydrogens is 748 g/mol. The van der Waals surface area contributed by atoms with Crippen LogP contribution in [0, 0.1) is 11.6 Å². The normalized spacial score (nSPS) is 15.4. The molecular formula is C43H44F3N9O3. The first-order valence-electron chi connectivity index (χ1n) is 19.3. The summed E-state index contributed by atoms with van der Waals surface area (Å²) in [6, 6.07) is 22.0. The fraction of sp³-hybridized carbons (Fsp3) is 0.302. The average molecular weight is 792 g/mol. The molecule has 58 heavy (non-hydrogen) atoms. The van der Waals surface area contributed by atoms with Crippen LogP contribution in [0.1, 0.15) is 23.2 Å². The van der Waals surface area contributed by atoms with Crippen molar-refractivity contribution in [3.63, 3.8) is 0 Å². The number of carbonyl (C=O) groups is 1. The number of hydrogen-bond acceptors (Lipinski definition) is 10. The maximum atomic E-state index is 14.4. The number of methoxy groups -OCH3 is 2. The van der Waals surface area contributed by atoms with E-state index < -0.39 is 23.2 Å². The van der Waals surface area contributed by atoms with Crippen molar-refractivity contribution in [3.05, 3.63) is 108 Å². The van der Waals surface area contributed by atoms with E-state index >= 15 is 0 Å². The molecule has 2 N–H and O–H groups in total. The monoisotopic (exact) mass is 791 g/mol. The number of ether oxygens (including phenoxy) is 2. The van der Waals surface area contributed by atoms with E-state index in [1.54, 1.807) is 62.9 Å². The molecule has 0 atom stereocenters. The van der Waals surface area contributed by atoms with Crippen molar-refractivity contribution < 1.29 is 27.4 Å². The number of halogens is 3. The predicted octanol–water partition coefficient (Wildman–Crippen LogP) is 7.31. The number of pyridine rings is 1. The van der Waals surface area contributed by atoms with E-state index in [0.29, 0.717) is 64.0 Å². The van der Waals surface area contributed by atoms with Gasteiger partial charge in [0.05, 0.1) is 37.0 Å². The molecule has 0 spiro atoms. The van der Waals surface area contributed by atoms with Crippen molar-refractivity contribution in [2.75, 3.05) is 82.2 Å². The number of rotatable bonds is 12. The van der Waals surface area contributed by atoms with Crippen LogP contribution in [-0.2, 0) is 0 Å². The fourth-order valence-corrected chi connectivity index (χ4v) is 7.82. The third-order valence-corrected chi connectivity index (χ3v) is 10.9. The molecule has 3 aromatic heterocycles. The van der Waals surface area contributed by atoms with Gasteiger partial charge in [-0.05, 0) is 61.4 Å². The maximum Gasteiger partial charge on any atom is 0.255 e. The number of para-hydroxylation sites is 1. The largest absolute Gasteiger partial charge is 0.497 e. The molecule has 1 amide bonds. The molecule has 300 valence electrons. The number of amides is 1. The van der Waals surface area contributed by atoms with E-state index in [1.165, 1.54) is 6.07 Å². The topological polar surface area (TPSA) is 112 Å². The van der Waals surface area contributed by atoms with E-state index in [0.717, 1.165) is 69.9 Å². The highest BCUT2D eigenvalue weighted by Crippen LogP contribution is 2.36. The van der Waals surface area contributed by atoms with Gasteiger partial charge in [-0.2, -0.15) is 0 Å². The zero-order chi connectivity index (χ0) is 40.2. The second-order valence-corrected chi connectivity index (χ2v) is 14.3. The Kier molecular flexibility index (Phi) is 11.4. The number of hydrogen-bond donors (Lipinski definition) is 2. The van der Waals surface area contributed by atoms with Gasteiger partial charge in [-0.1, -0.05) is 18.2 Å². The van der Waals surface area contributed by atoms with Crippen molar-refractivity contribution in [3.8, 4) is 34.1 Å². The Morgan fingerprint density at radius 2 is 1.64 bits per heavy atom. The summed E-state index contributed by atoms with van der Waals surface area (Å²) < 4.78 is 54.8. The number of alkyl halides is 1. The number of piperidine rings is 1. The van der Waals surface area contributed by atoms with Gasteiger partial charge in [-0.15, -0.1) is 0 Å². The van der Waals surface area contributed by atoms with Crippen LogP contribution >= 0.6 is 0 Å². The number of aromatic nitrogens is 4.